The molecule has 0 saturated carbocycles. The number of anilines is 2. The van der Waals surface area contributed by atoms with Crippen molar-refractivity contribution in [2.45, 2.75) is 206 Å². The van der Waals surface area contributed by atoms with Gasteiger partial charge in [0.15, 0.2) is 28.9 Å². The first-order valence-corrected chi connectivity index (χ1v) is 52.4. The number of nitrogens with one attached hydrogen (secondary N) is 7. The summed E-state index contributed by atoms with van der Waals surface area (Å²) < 4.78 is 6.43. The van der Waals surface area contributed by atoms with Gasteiger partial charge in [-0.15, -0.1) is 0 Å². The van der Waals surface area contributed by atoms with Gasteiger partial charge in [-0.3, -0.25) is 81.7 Å². The van der Waals surface area contributed by atoms with Gasteiger partial charge in [0.2, 0.25) is 59.1 Å². The minimum atomic E-state index is -1.18. The zero-order valence-electron chi connectivity index (χ0n) is 84.7. The van der Waals surface area contributed by atoms with Gasteiger partial charge in [0.25, 0.3) is 0 Å². The van der Waals surface area contributed by atoms with E-state index in [4.69, 9.17) is 27.7 Å². The molecule has 2 fully saturated rings. The largest absolute Gasteiger partial charge is 0.508 e. The van der Waals surface area contributed by atoms with Crippen molar-refractivity contribution in [3.8, 4) is 17.2 Å². The number of carboxylic acid groups (broad SMARTS) is 1. The molecule has 37 heteroatoms. The van der Waals surface area contributed by atoms with E-state index in [0.717, 1.165) is 61.0 Å². The summed E-state index contributed by atoms with van der Waals surface area (Å²) in [6.07, 6.45) is 10.5. The third kappa shape index (κ3) is 32.8. The van der Waals surface area contributed by atoms with Gasteiger partial charge >= 0.3 is 5.97 Å². The van der Waals surface area contributed by atoms with Crippen LogP contribution in [0.4, 0.5) is 11.4 Å². The second-order valence-corrected chi connectivity index (χ2v) is 41.8. The summed E-state index contributed by atoms with van der Waals surface area (Å²) in [7, 11) is 11.8. The molecule has 2 aromatic heterocycles. The van der Waals surface area contributed by atoms with Crippen LogP contribution in [0.1, 0.15) is 191 Å². The Balaban J connectivity index is 0.000000300. The Morgan fingerprint density at radius 3 is 1.77 bits per heavy atom. The number of carbonyl (C=O) groups excluding carboxylic acids is 16. The van der Waals surface area contributed by atoms with E-state index in [1.165, 1.54) is 40.8 Å². The number of allylic oxidation sites excluding steroid dienone is 3. The number of nitrogens with zero attached hydrogens (tertiary/aromatic N) is 4. The molecule has 5 heterocycles. The molecule has 10 amide bonds. The SMILES string of the molecule is CC[C@H](C)[C@H](NC(=O)[C@@H](CC(=O)[C@@H]1CSSC[C@H](C)C(=O)N2CCC[C@H]2C(=O)C[C@@H](Cc2ccc(O)cc2)C(=O)NCC(=O)C[C@@H](CC(C)C)C(=O)N1)Cc1c[nH]c2ccccc12)C(=O)C[C@@H](CCC(N)=O)C(N)=O.CNC(=O)[C@H](CCC(N)=O)CC(=O)[C@H](Cc1c[nH]c2ccccc12)NC(=O)[C@H](CCC(N)=O)CC(=O)CCCCCN=C1C=CC(=C2c3ccc(N(C)C)cc3Oc3cc(N(C)C)ccc32)C(C(=O)O)=C1. The van der Waals surface area contributed by atoms with Crippen LogP contribution >= 0.6 is 21.6 Å². The number of aromatic nitrogens is 2. The van der Waals surface area contributed by atoms with E-state index in [1.807, 2.05) is 144 Å². The molecule has 0 bridgehead atoms. The number of carboxylic acids is 1. The first kappa shape index (κ1) is 114. The minimum absolute atomic E-state index is 0.0167. The molecule has 0 spiro atoms. The number of amides is 10. The number of aliphatic carboxylic acids is 1. The number of aromatic hydroxyl groups is 1. The number of carbonyl (C=O) groups is 17. The van der Waals surface area contributed by atoms with Crippen LogP contribution in [-0.4, -0.2) is 221 Å². The van der Waals surface area contributed by atoms with Crippen molar-refractivity contribution in [1.29, 1.82) is 0 Å². The maximum atomic E-state index is 14.9. The lowest BCUT2D eigenvalue weighted by Crippen LogP contribution is -2.50. The summed E-state index contributed by atoms with van der Waals surface area (Å²) in [5.74, 6) is -14.3. The molecule has 146 heavy (non-hydrogen) atoms. The van der Waals surface area contributed by atoms with Gasteiger partial charge < -0.3 is 89.1 Å². The van der Waals surface area contributed by atoms with E-state index in [2.05, 4.69) is 41.5 Å². The van der Waals surface area contributed by atoms with Crippen LogP contribution in [0, 0.1) is 53.3 Å². The van der Waals surface area contributed by atoms with Crippen molar-refractivity contribution in [2.24, 2.45) is 81.2 Å². The van der Waals surface area contributed by atoms with Crippen LogP contribution in [-0.2, 0) is 101 Å². The van der Waals surface area contributed by atoms with Crippen molar-refractivity contribution in [1.82, 2.24) is 41.5 Å². The molecule has 0 unspecified atom stereocenters. The molecule has 3 aliphatic heterocycles. The zero-order chi connectivity index (χ0) is 106. The van der Waals surface area contributed by atoms with Crippen LogP contribution in [0.25, 0.3) is 27.4 Å². The number of Topliss-reactive ketones (excluding diaryl/α,β-unsaturated/α-hetero) is 6. The molecule has 11 rings (SSSR count). The fraction of sp³-hybridized carbons (Fsp3) is 0.468. The summed E-state index contributed by atoms with van der Waals surface area (Å²) in [5, 5.41) is 36.0. The molecular formula is C109H139N15O20S2. The number of para-hydroxylation sites is 2. The third-order valence-electron chi connectivity index (χ3n) is 27.2. The average Bonchev–Trinajstić information content (AvgIpc) is 0.808. The van der Waals surface area contributed by atoms with E-state index < -0.39 is 160 Å². The fourth-order valence-corrected chi connectivity index (χ4v) is 21.3. The van der Waals surface area contributed by atoms with E-state index in [9.17, 15) is 91.7 Å². The number of benzene rings is 5. The lowest BCUT2D eigenvalue weighted by atomic mass is 9.84. The van der Waals surface area contributed by atoms with Crippen LogP contribution in [0.15, 0.2) is 156 Å². The predicted molar refractivity (Wildman–Crippen MR) is 563 cm³/mol. The van der Waals surface area contributed by atoms with E-state index in [-0.39, 0.29) is 150 Å². The van der Waals surface area contributed by atoms with Crippen molar-refractivity contribution in [2.75, 3.05) is 76.2 Å². The Kier molecular flexibility index (Phi) is 42.9. The topological polar surface area (TPSA) is 558 Å². The molecule has 12 atom stereocenters. The molecule has 35 nitrogen and oxygen atoms in total. The second-order valence-electron chi connectivity index (χ2n) is 39.2. The third-order valence-corrected chi connectivity index (χ3v) is 29.8. The molecule has 5 aromatic carbocycles. The molecule has 2 saturated heterocycles. The lowest BCUT2D eigenvalue weighted by molar-refractivity contribution is -0.141. The summed E-state index contributed by atoms with van der Waals surface area (Å²) >= 11 is 0. The van der Waals surface area contributed by atoms with Crippen molar-refractivity contribution in [3.05, 3.63) is 179 Å². The number of rotatable bonds is 45. The number of ketones is 6. The van der Waals surface area contributed by atoms with E-state index in [1.54, 1.807) is 61.5 Å². The van der Waals surface area contributed by atoms with E-state index >= 15 is 0 Å². The average molecular weight is 2040 g/mol. The molecular weight excluding hydrogens is 1900 g/mol. The first-order chi connectivity index (χ1) is 69.6. The van der Waals surface area contributed by atoms with Crippen molar-refractivity contribution >= 4 is 166 Å². The van der Waals surface area contributed by atoms with Gasteiger partial charge in [0, 0.05) is 246 Å². The highest BCUT2D eigenvalue weighted by Gasteiger charge is 2.42. The number of primary amides is 4. The van der Waals surface area contributed by atoms with Crippen molar-refractivity contribution in [3.63, 3.8) is 0 Å². The Morgan fingerprint density at radius 2 is 1.20 bits per heavy atom. The Morgan fingerprint density at radius 1 is 0.623 bits per heavy atom. The number of fused-ring (bicyclic) bond motifs is 5. The number of phenols is 1. The number of phenolic OH excluding ortho intramolecular Hbond substituents is 1. The quantitative estimate of drug-likeness (QED) is 0.0125. The molecule has 782 valence electrons. The van der Waals surface area contributed by atoms with Gasteiger partial charge in [-0.05, 0) is 159 Å². The number of hydrogen-bond acceptors (Lipinski definition) is 24. The van der Waals surface area contributed by atoms with Gasteiger partial charge in [-0.2, -0.15) is 0 Å². The fourth-order valence-electron chi connectivity index (χ4n) is 18.7. The van der Waals surface area contributed by atoms with Crippen LogP contribution < -0.4 is 64.1 Å². The number of nitrogens with two attached hydrogens (primary N) is 4. The van der Waals surface area contributed by atoms with E-state index in [0.29, 0.717) is 85.7 Å². The van der Waals surface area contributed by atoms with Gasteiger partial charge in [-0.25, -0.2) is 4.79 Å². The van der Waals surface area contributed by atoms with Gasteiger partial charge in [0.05, 0.1) is 42.0 Å². The highest BCUT2D eigenvalue weighted by Crippen LogP contribution is 2.49. The number of hydrogen-bond donors (Lipinski definition) is 13. The lowest BCUT2D eigenvalue weighted by Gasteiger charge is -2.28. The Bertz CT molecular complexity index is 6020. The Labute approximate surface area is 858 Å². The number of ether oxygens (including phenoxy) is 1. The summed E-state index contributed by atoms with van der Waals surface area (Å²) in [6, 6.07) is 28.8. The monoisotopic (exact) mass is 2040 g/mol. The molecule has 1 aliphatic carbocycles. The smallest absolute Gasteiger partial charge is 0.336 e. The molecule has 0 radical (unpaired) electrons. The van der Waals surface area contributed by atoms with Crippen LogP contribution in [0.2, 0.25) is 0 Å². The molecule has 17 N–H and O–H groups in total. The maximum absolute atomic E-state index is 14.9. The second kappa shape index (κ2) is 54.9. The molecule has 7 aromatic rings. The highest BCUT2D eigenvalue weighted by atomic mass is 33.1. The van der Waals surface area contributed by atoms with Gasteiger partial charge in [0.1, 0.15) is 23.0 Å². The molecule has 4 aliphatic rings. The van der Waals surface area contributed by atoms with Crippen LogP contribution in [0.3, 0.4) is 0 Å². The number of unbranched alkanes of at least 4 members (excludes halogenated alkanes) is 2. The van der Waals surface area contributed by atoms with Crippen LogP contribution in [0.5, 0.6) is 17.2 Å². The summed E-state index contributed by atoms with van der Waals surface area (Å²) in [4.78, 5) is 245. The number of aromatic amines is 2. The summed E-state index contributed by atoms with van der Waals surface area (Å²) in [6.45, 7) is 9.49. The maximum Gasteiger partial charge on any atom is 0.336 e. The number of H-pyrrole nitrogens is 2. The number of aliphatic imine (C=N–C) groups is 1. The zero-order valence-corrected chi connectivity index (χ0v) is 86.4. The van der Waals surface area contributed by atoms with Crippen molar-refractivity contribution < 1.29 is 96.5 Å². The highest BCUT2D eigenvalue weighted by molar-refractivity contribution is 8.76. The predicted octanol–water partition coefficient (Wildman–Crippen LogP) is 10.9. The minimum Gasteiger partial charge on any atom is -0.508 e. The first-order valence-electron chi connectivity index (χ1n) is 49.9. The summed E-state index contributed by atoms with van der Waals surface area (Å²) in [5.41, 5.74) is 30.8. The Hall–Kier alpha value is -13.8. The van der Waals surface area contributed by atoms with Gasteiger partial charge in [-0.1, -0.05) is 124 Å². The normalized spacial score (nSPS) is 18.6. The standard InChI is InChI=1S/C55H75N7O11S2.C54H64N8O9/c1-6-32(4)50(48(67)24-35(51(57)69)15-18-49(56)68)61-54(72)38(22-39-27-58-43-11-8-7-10-42(39)43)25-46(65)44-30-75-74-29-33(5)55(73)62-19-9-12-45(62)47(66)26-37(21-34-13-16-40(63)17-14-34)52(70)59-28-41(64)23-36(20-31(2)3)53(71)60-44;1-57-52(67)33(15-23-50(56)66)27-46(64)45(26-34-31-59-44-13-9-8-12-39(34)44)60-53(68)32(14-22-49(55)65)25-38(63)11-7-6-10-24-58-35-16-19-40(43(28-35)54(69)70)51-41-20-17-36(61(2)3)29-47(41)71-48-30-37(62(4)5)18-21-42(48)51/h7-8,10-11,13-14,16-17,27,31-33,35-38,44-45,50,58,63H,6,9,12,15,18-26,28-30H2,1-5H3,(H2,56,68)(H2,57,69)(H,59,70)(H,60,71)(H,61,72);8-9,12-13,16-21,28-33,45,59H,6-7,10-11,14-15,22-27H2,1-5H3,(H2,55,65)(H2,56,66)(H,57,67)(H,60,68)(H,69,70)/t32-,33-,35+,36+,37+,38+,44-,45-,50-;32-,33-,45+/m01/s1.